The molecule has 2 aromatic heterocycles. The van der Waals surface area contributed by atoms with E-state index in [0.717, 1.165) is 12.3 Å². The molecule has 0 saturated carbocycles. The summed E-state index contributed by atoms with van der Waals surface area (Å²) < 4.78 is 14.6. The number of nitrogens with one attached hydrogen (secondary N) is 1. The third kappa shape index (κ3) is 3.77. The smallest absolute Gasteiger partial charge is 0.341 e. The Morgan fingerprint density at radius 1 is 1.37 bits per heavy atom. The molecule has 10 heteroatoms. The van der Waals surface area contributed by atoms with Crippen molar-refractivity contribution in [3.8, 4) is 0 Å². The lowest BCUT2D eigenvalue weighted by Crippen LogP contribution is -2.41. The van der Waals surface area contributed by atoms with Crippen molar-refractivity contribution in [1.82, 2.24) is 14.9 Å². The highest BCUT2D eigenvalue weighted by atomic mass is 19.1. The molecule has 0 aromatic carbocycles. The largest absolute Gasteiger partial charge is 0.477 e. The average molecular weight is 380 g/mol. The number of carboxylic acids is 1. The number of nitrogens with zero attached hydrogens (tertiary/aromatic N) is 3. The molecular weight excluding hydrogens is 359 g/mol. The predicted molar refractivity (Wildman–Crippen MR) is 95.6 cm³/mol. The van der Waals surface area contributed by atoms with Crippen LogP contribution in [0.4, 0.5) is 10.2 Å². The molecule has 0 bridgehead atoms. The van der Waals surface area contributed by atoms with Crippen LogP contribution in [0.5, 0.6) is 0 Å². The van der Waals surface area contributed by atoms with Crippen LogP contribution in [0.15, 0.2) is 17.1 Å². The second-order valence-corrected chi connectivity index (χ2v) is 6.40. The first-order chi connectivity index (χ1) is 13.0. The fourth-order valence-corrected chi connectivity index (χ4v) is 3.46. The molecule has 3 rings (SSSR count). The van der Waals surface area contributed by atoms with Crippen LogP contribution in [0.3, 0.4) is 0 Å². The molecule has 1 aliphatic rings. The Morgan fingerprint density at radius 2 is 2.07 bits per heavy atom. The van der Waals surface area contributed by atoms with Gasteiger partial charge in [0.1, 0.15) is 11.2 Å². The highest BCUT2D eigenvalue weighted by Gasteiger charge is 2.30. The Balaban J connectivity index is 1.89. The molecule has 27 heavy (non-hydrogen) atoms. The van der Waals surface area contributed by atoms with Crippen LogP contribution in [-0.4, -0.2) is 81.6 Å². The van der Waals surface area contributed by atoms with Crippen molar-refractivity contribution in [2.45, 2.75) is 12.5 Å². The molecule has 3 heterocycles. The number of aliphatic hydroxyl groups excluding tert-OH is 2. The van der Waals surface area contributed by atoms with Crippen LogP contribution in [0.2, 0.25) is 0 Å². The third-order valence-electron chi connectivity index (χ3n) is 4.78. The van der Waals surface area contributed by atoms with E-state index < -0.39 is 22.8 Å². The van der Waals surface area contributed by atoms with Crippen LogP contribution in [0.25, 0.3) is 11.0 Å². The minimum Gasteiger partial charge on any atom is -0.477 e. The number of carbonyl (C=O) groups is 1. The maximum atomic E-state index is 14.6. The Hall–Kier alpha value is -2.56. The fraction of sp³-hybridized carbons (Fsp3) is 0.471. The summed E-state index contributed by atoms with van der Waals surface area (Å²) in [6, 6.07) is 1.05. The molecule has 0 amide bonds. The average Bonchev–Trinajstić information content (AvgIpc) is 3.11. The van der Waals surface area contributed by atoms with Gasteiger partial charge in [-0.1, -0.05) is 0 Å². The van der Waals surface area contributed by atoms with Crippen molar-refractivity contribution in [1.29, 1.82) is 0 Å². The quantitative estimate of drug-likeness (QED) is 0.512. The van der Waals surface area contributed by atoms with Gasteiger partial charge in [-0.2, -0.15) is 0 Å². The molecule has 1 atom stereocenters. The van der Waals surface area contributed by atoms with E-state index in [2.05, 4.69) is 9.97 Å². The van der Waals surface area contributed by atoms with Crippen LogP contribution in [-0.2, 0) is 0 Å². The highest BCUT2D eigenvalue weighted by Crippen LogP contribution is 2.25. The molecule has 0 spiro atoms. The van der Waals surface area contributed by atoms with Gasteiger partial charge in [-0.15, -0.1) is 0 Å². The van der Waals surface area contributed by atoms with Crippen molar-refractivity contribution in [3.05, 3.63) is 33.9 Å². The first-order valence-electron chi connectivity index (χ1n) is 8.62. The molecule has 1 fully saturated rings. The molecular formula is C17H21FN4O5. The summed E-state index contributed by atoms with van der Waals surface area (Å²) in [6.45, 7) is 1.76. The zero-order valence-corrected chi connectivity index (χ0v) is 14.6. The minimum absolute atomic E-state index is 0.0355. The number of halogens is 1. The Labute approximate surface area is 153 Å². The number of aliphatic hydroxyl groups is 2. The lowest BCUT2D eigenvalue weighted by molar-refractivity contribution is 0.0695. The van der Waals surface area contributed by atoms with E-state index in [1.165, 1.54) is 0 Å². The molecule has 1 unspecified atom stereocenters. The monoisotopic (exact) mass is 380 g/mol. The summed E-state index contributed by atoms with van der Waals surface area (Å²) >= 11 is 0. The Bertz CT molecular complexity index is 897. The van der Waals surface area contributed by atoms with Gasteiger partial charge < -0.3 is 25.2 Å². The number of anilines is 1. The number of H-pyrrole nitrogens is 1. The van der Waals surface area contributed by atoms with Crippen LogP contribution in [0.1, 0.15) is 16.8 Å². The zero-order chi connectivity index (χ0) is 19.6. The standard InChI is InChI=1S/C17H21FN4O5/c18-13-7-11-14(25)12(17(26)27)8-19-15(11)20-16(13)22-2-1-10(9-22)21(3-5-23)4-6-24/h7-8,10,23-24H,1-6,9H2,(H,26,27)(H,19,20,25). The predicted octanol–water partition coefficient (Wildman–Crippen LogP) is -0.374. The summed E-state index contributed by atoms with van der Waals surface area (Å²) in [4.78, 5) is 33.7. The van der Waals surface area contributed by atoms with Gasteiger partial charge in [0.25, 0.3) is 0 Å². The molecule has 2 aromatic rings. The van der Waals surface area contributed by atoms with Crippen LogP contribution in [0, 0.1) is 5.82 Å². The lowest BCUT2D eigenvalue weighted by atomic mass is 10.2. The lowest BCUT2D eigenvalue weighted by Gasteiger charge is -2.27. The van der Waals surface area contributed by atoms with Gasteiger partial charge in [0.2, 0.25) is 5.43 Å². The van der Waals surface area contributed by atoms with Gasteiger partial charge in [0.15, 0.2) is 11.6 Å². The summed E-state index contributed by atoms with van der Waals surface area (Å²) in [5.74, 6) is -2.01. The Kier molecular flexibility index (Phi) is 5.68. The van der Waals surface area contributed by atoms with Gasteiger partial charge in [-0.3, -0.25) is 9.69 Å². The zero-order valence-electron chi connectivity index (χ0n) is 14.6. The number of aromatic amines is 1. The topological polar surface area (TPSA) is 130 Å². The summed E-state index contributed by atoms with van der Waals surface area (Å²) in [7, 11) is 0. The molecule has 9 nitrogen and oxygen atoms in total. The van der Waals surface area contributed by atoms with Crippen molar-refractivity contribution >= 4 is 22.8 Å². The normalized spacial score (nSPS) is 17.2. The van der Waals surface area contributed by atoms with Crippen molar-refractivity contribution in [2.75, 3.05) is 44.3 Å². The molecule has 0 aliphatic carbocycles. The summed E-state index contributed by atoms with van der Waals surface area (Å²) in [5.41, 5.74) is -1.14. The van der Waals surface area contributed by atoms with E-state index in [-0.39, 0.29) is 36.1 Å². The van der Waals surface area contributed by atoms with Gasteiger partial charge in [-0.25, -0.2) is 14.2 Å². The van der Waals surface area contributed by atoms with Crippen LogP contribution < -0.4 is 10.3 Å². The number of pyridine rings is 2. The van der Waals surface area contributed by atoms with Gasteiger partial charge in [-0.05, 0) is 12.5 Å². The number of aromatic carboxylic acids is 1. The van der Waals surface area contributed by atoms with E-state index >= 15 is 0 Å². The van der Waals surface area contributed by atoms with Crippen molar-refractivity contribution in [3.63, 3.8) is 0 Å². The molecule has 1 saturated heterocycles. The number of carboxylic acid groups (broad SMARTS) is 1. The maximum Gasteiger partial charge on any atom is 0.341 e. The van der Waals surface area contributed by atoms with E-state index in [1.54, 1.807) is 4.90 Å². The van der Waals surface area contributed by atoms with E-state index in [4.69, 9.17) is 5.11 Å². The number of hydrogen-bond donors (Lipinski definition) is 4. The second-order valence-electron chi connectivity index (χ2n) is 6.40. The van der Waals surface area contributed by atoms with E-state index in [1.807, 2.05) is 4.90 Å². The van der Waals surface area contributed by atoms with E-state index in [9.17, 15) is 24.2 Å². The fourth-order valence-electron chi connectivity index (χ4n) is 3.46. The molecule has 4 N–H and O–H groups in total. The van der Waals surface area contributed by atoms with Crippen molar-refractivity contribution < 1.29 is 24.5 Å². The van der Waals surface area contributed by atoms with E-state index in [0.29, 0.717) is 32.6 Å². The van der Waals surface area contributed by atoms with Crippen LogP contribution >= 0.6 is 0 Å². The number of rotatable bonds is 7. The van der Waals surface area contributed by atoms with Gasteiger partial charge in [0, 0.05) is 38.4 Å². The first kappa shape index (κ1) is 19.2. The minimum atomic E-state index is -1.39. The van der Waals surface area contributed by atoms with Gasteiger partial charge >= 0.3 is 5.97 Å². The SMILES string of the molecule is O=C(O)c1c[nH]c2nc(N3CCC(N(CCO)CCO)C3)c(F)cc2c1=O. The van der Waals surface area contributed by atoms with Crippen molar-refractivity contribution in [2.24, 2.45) is 0 Å². The highest BCUT2D eigenvalue weighted by molar-refractivity contribution is 5.91. The number of aromatic nitrogens is 2. The molecule has 1 aliphatic heterocycles. The first-order valence-corrected chi connectivity index (χ1v) is 8.62. The third-order valence-corrected chi connectivity index (χ3v) is 4.78. The molecule has 0 radical (unpaired) electrons. The number of hydrogen-bond acceptors (Lipinski definition) is 7. The number of fused-ring (bicyclic) bond motifs is 1. The van der Waals surface area contributed by atoms with Gasteiger partial charge in [0.05, 0.1) is 18.6 Å². The maximum absolute atomic E-state index is 14.6. The molecule has 146 valence electrons. The summed E-state index contributed by atoms with van der Waals surface area (Å²) in [6.07, 6.45) is 1.77. The summed E-state index contributed by atoms with van der Waals surface area (Å²) in [5, 5.41) is 27.2. The second kappa shape index (κ2) is 7.99. The Morgan fingerprint density at radius 3 is 2.70 bits per heavy atom.